The van der Waals surface area contributed by atoms with Gasteiger partial charge >= 0.3 is 0 Å². The highest BCUT2D eigenvalue weighted by Crippen LogP contribution is 2.39. The number of nitrogens with zero attached hydrogens (tertiary/aromatic N) is 1. The molecule has 1 atom stereocenters. The molecule has 1 heterocycles. The van der Waals surface area contributed by atoms with Crippen LogP contribution in [0, 0.1) is 0 Å². The number of carbonyl (C=O) groups is 2. The quantitative estimate of drug-likeness (QED) is 0.550. The minimum Gasteiger partial charge on any atom is -0.342 e. The Balaban J connectivity index is 1.71. The van der Waals surface area contributed by atoms with Crippen LogP contribution in [0.1, 0.15) is 44.6 Å². The first kappa shape index (κ1) is 19.2. The Kier molecular flexibility index (Phi) is 7.99. The van der Waals surface area contributed by atoms with E-state index >= 15 is 0 Å². The summed E-state index contributed by atoms with van der Waals surface area (Å²) in [5.74, 6) is 1.37. The Hall–Kier alpha value is -1.14. The Labute approximate surface area is 152 Å². The van der Waals surface area contributed by atoms with Crippen LogP contribution in [0.25, 0.3) is 0 Å². The summed E-state index contributed by atoms with van der Waals surface area (Å²) in [6, 6.07) is 7.70. The number of hydrogen-bond donors (Lipinski definition) is 1. The molecule has 1 fully saturated rings. The lowest BCUT2D eigenvalue weighted by atomic mass is 10.1. The number of carbonyl (C=O) groups excluding carboxylic acids is 2. The molecular formula is C18H26N2O2S2. The lowest BCUT2D eigenvalue weighted by Gasteiger charge is -2.15. The largest absolute Gasteiger partial charge is 0.342 e. The Morgan fingerprint density at radius 2 is 2.17 bits per heavy atom. The number of amides is 2. The number of unbranched alkanes of at least 4 members (excludes halogenated alkanes) is 1. The van der Waals surface area contributed by atoms with Gasteiger partial charge in [-0.2, -0.15) is 0 Å². The normalized spacial score (nSPS) is 16.8. The summed E-state index contributed by atoms with van der Waals surface area (Å²) in [4.78, 5) is 25.0. The molecule has 1 aliphatic heterocycles. The molecule has 0 aromatic heterocycles. The van der Waals surface area contributed by atoms with Crippen LogP contribution in [0.3, 0.4) is 0 Å². The molecule has 1 aliphatic rings. The molecule has 24 heavy (non-hydrogen) atoms. The first-order valence-electron chi connectivity index (χ1n) is 8.43. The van der Waals surface area contributed by atoms with Crippen molar-refractivity contribution in [1.82, 2.24) is 4.90 Å². The third-order valence-electron chi connectivity index (χ3n) is 4.08. The van der Waals surface area contributed by atoms with Crippen molar-refractivity contribution < 1.29 is 9.59 Å². The maximum absolute atomic E-state index is 12.1. The van der Waals surface area contributed by atoms with Crippen LogP contribution >= 0.6 is 21.6 Å². The van der Waals surface area contributed by atoms with Crippen LogP contribution in [-0.2, 0) is 16.1 Å². The van der Waals surface area contributed by atoms with Crippen LogP contribution in [0.4, 0.5) is 5.69 Å². The summed E-state index contributed by atoms with van der Waals surface area (Å²) in [6.07, 6.45) is 5.17. The topological polar surface area (TPSA) is 49.4 Å². The second kappa shape index (κ2) is 9.99. The fraction of sp³-hybridized carbons (Fsp3) is 0.556. The van der Waals surface area contributed by atoms with E-state index < -0.39 is 0 Å². The van der Waals surface area contributed by atoms with Crippen LogP contribution in [0.5, 0.6) is 0 Å². The third-order valence-corrected chi connectivity index (χ3v) is 7.08. The minimum atomic E-state index is 0.0308. The van der Waals surface area contributed by atoms with Crippen molar-refractivity contribution in [2.75, 3.05) is 18.1 Å². The molecule has 2 rings (SSSR count). The van der Waals surface area contributed by atoms with E-state index in [0.717, 1.165) is 29.3 Å². The van der Waals surface area contributed by atoms with Crippen molar-refractivity contribution in [2.45, 2.75) is 50.8 Å². The first-order valence-corrected chi connectivity index (χ1v) is 10.8. The summed E-state index contributed by atoms with van der Waals surface area (Å²) in [5, 5.41) is 3.75. The average molecular weight is 367 g/mol. The van der Waals surface area contributed by atoms with Gasteiger partial charge in [-0.15, -0.1) is 0 Å². The molecular weight excluding hydrogens is 340 g/mol. The Morgan fingerprint density at radius 1 is 1.33 bits per heavy atom. The van der Waals surface area contributed by atoms with E-state index in [2.05, 4.69) is 5.32 Å². The summed E-state index contributed by atoms with van der Waals surface area (Å²) >= 11 is 0. The molecule has 1 unspecified atom stereocenters. The third kappa shape index (κ3) is 6.77. The van der Waals surface area contributed by atoms with E-state index in [1.165, 1.54) is 18.6 Å². The molecule has 1 aromatic carbocycles. The maximum atomic E-state index is 12.1. The second-order valence-corrected chi connectivity index (χ2v) is 8.99. The molecule has 1 saturated heterocycles. The lowest BCUT2D eigenvalue weighted by molar-refractivity contribution is -0.128. The van der Waals surface area contributed by atoms with E-state index in [0.29, 0.717) is 13.0 Å². The van der Waals surface area contributed by atoms with Gasteiger partial charge < -0.3 is 10.2 Å². The summed E-state index contributed by atoms with van der Waals surface area (Å²) in [5.41, 5.74) is 1.82. The first-order chi connectivity index (χ1) is 11.5. The zero-order valence-corrected chi connectivity index (χ0v) is 16.0. The van der Waals surface area contributed by atoms with E-state index in [4.69, 9.17) is 0 Å². The monoisotopic (exact) mass is 366 g/mol. The van der Waals surface area contributed by atoms with E-state index in [-0.39, 0.29) is 11.8 Å². The van der Waals surface area contributed by atoms with Crippen molar-refractivity contribution in [2.24, 2.45) is 0 Å². The number of hydrogen-bond acceptors (Lipinski definition) is 4. The molecule has 132 valence electrons. The zero-order valence-electron chi connectivity index (χ0n) is 14.4. The standard InChI is InChI=1S/C18H26N2O2S2/c1-14(21)20(2)13-15-6-5-7-16(12-15)19-18(22)9-4-3-8-17-10-11-23-24-17/h5-7,12,17H,3-4,8-11,13H2,1-2H3,(H,19,22). The number of anilines is 1. The van der Waals surface area contributed by atoms with Gasteiger partial charge in [-0.25, -0.2) is 0 Å². The highest BCUT2D eigenvalue weighted by atomic mass is 33.1. The fourth-order valence-electron chi connectivity index (χ4n) is 2.58. The van der Waals surface area contributed by atoms with Crippen molar-refractivity contribution in [1.29, 1.82) is 0 Å². The molecule has 1 aromatic rings. The SMILES string of the molecule is CC(=O)N(C)Cc1cccc(NC(=O)CCCCC2CCSS2)c1. The zero-order chi connectivity index (χ0) is 17.4. The lowest BCUT2D eigenvalue weighted by Crippen LogP contribution is -2.23. The molecule has 4 nitrogen and oxygen atoms in total. The van der Waals surface area contributed by atoms with Gasteiger partial charge in [0.25, 0.3) is 0 Å². The van der Waals surface area contributed by atoms with Crippen LogP contribution in [0.2, 0.25) is 0 Å². The summed E-state index contributed by atoms with van der Waals surface area (Å²) in [7, 11) is 5.74. The molecule has 6 heteroatoms. The Bertz CT molecular complexity index is 560. The second-order valence-electron chi connectivity index (χ2n) is 6.20. The summed E-state index contributed by atoms with van der Waals surface area (Å²) in [6.45, 7) is 2.10. The van der Waals surface area contributed by atoms with Gasteiger partial charge in [0.05, 0.1) is 0 Å². The van der Waals surface area contributed by atoms with Gasteiger partial charge in [-0.05, 0) is 37.0 Å². The fourth-order valence-corrected chi connectivity index (χ4v) is 5.61. The van der Waals surface area contributed by atoms with Crippen LogP contribution < -0.4 is 5.32 Å². The van der Waals surface area contributed by atoms with E-state index in [9.17, 15) is 9.59 Å². The van der Waals surface area contributed by atoms with Crippen molar-refractivity contribution in [3.05, 3.63) is 29.8 Å². The molecule has 0 spiro atoms. The van der Waals surface area contributed by atoms with Crippen LogP contribution in [0.15, 0.2) is 24.3 Å². The van der Waals surface area contributed by atoms with Crippen molar-refractivity contribution in [3.63, 3.8) is 0 Å². The van der Waals surface area contributed by atoms with Gasteiger partial charge in [0.1, 0.15) is 0 Å². The highest BCUT2D eigenvalue weighted by Gasteiger charge is 2.15. The average Bonchev–Trinajstić information content (AvgIpc) is 3.05. The number of nitrogens with one attached hydrogen (secondary N) is 1. The Morgan fingerprint density at radius 3 is 2.88 bits per heavy atom. The maximum Gasteiger partial charge on any atom is 0.224 e. The van der Waals surface area contributed by atoms with Gasteiger partial charge in [-0.3, -0.25) is 9.59 Å². The van der Waals surface area contributed by atoms with Gasteiger partial charge in [-0.1, -0.05) is 40.1 Å². The molecule has 0 bridgehead atoms. The minimum absolute atomic E-state index is 0.0308. The summed E-state index contributed by atoms with van der Waals surface area (Å²) < 4.78 is 0. The smallest absolute Gasteiger partial charge is 0.224 e. The predicted molar refractivity (Wildman–Crippen MR) is 104 cm³/mol. The van der Waals surface area contributed by atoms with Gasteiger partial charge in [0, 0.05) is 43.6 Å². The molecule has 0 saturated carbocycles. The molecule has 0 aliphatic carbocycles. The molecule has 2 amide bonds. The molecule has 0 radical (unpaired) electrons. The van der Waals surface area contributed by atoms with Crippen molar-refractivity contribution in [3.8, 4) is 0 Å². The van der Waals surface area contributed by atoms with Gasteiger partial charge in [0.15, 0.2) is 0 Å². The molecule has 1 N–H and O–H groups in total. The highest BCUT2D eigenvalue weighted by molar-refractivity contribution is 8.77. The number of rotatable bonds is 8. The van der Waals surface area contributed by atoms with Crippen molar-refractivity contribution >= 4 is 39.1 Å². The van der Waals surface area contributed by atoms with E-state index in [1.54, 1.807) is 18.9 Å². The number of benzene rings is 1. The van der Waals surface area contributed by atoms with Crippen LogP contribution in [-0.4, -0.2) is 34.8 Å². The predicted octanol–water partition coefficient (Wildman–Crippen LogP) is 4.32. The van der Waals surface area contributed by atoms with E-state index in [1.807, 2.05) is 45.9 Å². The van der Waals surface area contributed by atoms with Gasteiger partial charge in [0.2, 0.25) is 11.8 Å².